The molecule has 2 unspecified atom stereocenters. The minimum absolute atomic E-state index is 0.0380. The third kappa shape index (κ3) is 5.85. The highest BCUT2D eigenvalue weighted by Crippen LogP contribution is 2.43. The number of carboxylic acids is 2. The molecule has 2 aromatic rings. The molecule has 176 valence electrons. The number of carbonyl (C=O) groups is 3. The Morgan fingerprint density at radius 3 is 2.18 bits per heavy atom. The van der Waals surface area contributed by atoms with Crippen LogP contribution in [-0.2, 0) is 20.0 Å². The van der Waals surface area contributed by atoms with Crippen LogP contribution in [0.4, 0.5) is 5.69 Å². The lowest BCUT2D eigenvalue weighted by molar-refractivity contribution is -0.134. The molecule has 3 rings (SSSR count). The number of nitrogens with two attached hydrogens (primary N) is 1. The molecular weight excluding hydrogens is 422 g/mol. The van der Waals surface area contributed by atoms with Gasteiger partial charge in [0.2, 0.25) is 0 Å². The Hall–Kier alpha value is -3.49. The summed E-state index contributed by atoms with van der Waals surface area (Å²) >= 11 is 0. The van der Waals surface area contributed by atoms with Gasteiger partial charge in [-0.25, -0.2) is 9.59 Å². The summed E-state index contributed by atoms with van der Waals surface area (Å²) in [5, 5.41) is 19.0. The number of nitrogens with zero attached hydrogens (tertiary/aromatic N) is 1. The fourth-order valence-corrected chi connectivity index (χ4v) is 4.00. The Morgan fingerprint density at radius 2 is 1.70 bits per heavy atom. The van der Waals surface area contributed by atoms with E-state index in [1.165, 1.54) is 11.1 Å². The Balaban J connectivity index is 0.000000414. The number of hydrogen-bond donors (Lipinski definition) is 4. The second kappa shape index (κ2) is 10.9. The second-order valence-electron chi connectivity index (χ2n) is 7.98. The number of rotatable bonds is 6. The molecule has 0 bridgehead atoms. The predicted molar refractivity (Wildman–Crippen MR) is 127 cm³/mol. The van der Waals surface area contributed by atoms with Crippen molar-refractivity contribution in [3.05, 3.63) is 76.9 Å². The van der Waals surface area contributed by atoms with Crippen LogP contribution in [0.3, 0.4) is 0 Å². The van der Waals surface area contributed by atoms with Gasteiger partial charge in [-0.2, -0.15) is 0 Å². The summed E-state index contributed by atoms with van der Waals surface area (Å²) in [6.07, 6.45) is 1.12. The fourth-order valence-electron chi connectivity index (χ4n) is 4.00. The number of fused-ring (bicyclic) bond motifs is 1. The Kier molecular flexibility index (Phi) is 8.50. The quantitative estimate of drug-likeness (QED) is 0.491. The molecule has 1 aliphatic rings. The highest BCUT2D eigenvalue weighted by atomic mass is 16.4. The van der Waals surface area contributed by atoms with Crippen LogP contribution in [0.25, 0.3) is 0 Å². The first-order valence-electron chi connectivity index (χ1n) is 10.6. The van der Waals surface area contributed by atoms with Crippen molar-refractivity contribution in [3.8, 4) is 0 Å². The van der Waals surface area contributed by atoms with E-state index >= 15 is 0 Å². The molecule has 8 heteroatoms. The van der Waals surface area contributed by atoms with E-state index in [0.29, 0.717) is 18.7 Å². The van der Waals surface area contributed by atoms with E-state index in [1.807, 2.05) is 24.1 Å². The predicted octanol–water partition coefficient (Wildman–Crippen LogP) is 2.92. The van der Waals surface area contributed by atoms with Crippen molar-refractivity contribution in [3.63, 3.8) is 0 Å². The third-order valence-electron chi connectivity index (χ3n) is 5.66. The van der Waals surface area contributed by atoms with Crippen molar-refractivity contribution < 1.29 is 24.6 Å². The van der Waals surface area contributed by atoms with Gasteiger partial charge in [0.1, 0.15) is 0 Å². The summed E-state index contributed by atoms with van der Waals surface area (Å²) in [5.41, 5.74) is 11.1. The van der Waals surface area contributed by atoms with Crippen LogP contribution in [-0.4, -0.2) is 53.0 Å². The molecule has 1 aliphatic heterocycles. The Morgan fingerprint density at radius 1 is 1.12 bits per heavy atom. The molecule has 0 saturated carbocycles. The number of nitrogens with one attached hydrogen (secondary N) is 1. The monoisotopic (exact) mass is 453 g/mol. The Labute approximate surface area is 193 Å². The first-order valence-corrected chi connectivity index (χ1v) is 10.6. The molecule has 2 atom stereocenters. The number of ketones is 1. The van der Waals surface area contributed by atoms with Crippen LogP contribution in [0.5, 0.6) is 0 Å². The Bertz CT molecular complexity index is 1030. The van der Waals surface area contributed by atoms with Crippen LogP contribution < -0.4 is 11.1 Å². The van der Waals surface area contributed by atoms with Gasteiger partial charge in [0.15, 0.2) is 11.4 Å². The number of carboxylic acid groups (broad SMARTS) is 2. The van der Waals surface area contributed by atoms with Crippen LogP contribution in [0.2, 0.25) is 0 Å². The van der Waals surface area contributed by atoms with E-state index in [1.54, 1.807) is 6.92 Å². The third-order valence-corrected chi connectivity index (χ3v) is 5.66. The molecule has 0 radical (unpaired) electrons. The van der Waals surface area contributed by atoms with Gasteiger partial charge in [-0.1, -0.05) is 42.0 Å². The summed E-state index contributed by atoms with van der Waals surface area (Å²) in [7, 11) is 1.94. The smallest absolute Gasteiger partial charge is 0.328 e. The number of aryl methyl sites for hydroxylation is 1. The summed E-state index contributed by atoms with van der Waals surface area (Å²) in [6.45, 7) is 7.21. The largest absolute Gasteiger partial charge is 0.478 e. The maximum absolute atomic E-state index is 12.5. The van der Waals surface area contributed by atoms with Crippen LogP contribution >= 0.6 is 0 Å². The summed E-state index contributed by atoms with van der Waals surface area (Å²) in [6, 6.07) is 14.8. The highest BCUT2D eigenvalue weighted by molar-refractivity contribution is 5.90. The first-order chi connectivity index (χ1) is 15.5. The van der Waals surface area contributed by atoms with E-state index in [4.69, 9.17) is 15.9 Å². The number of anilines is 1. The van der Waals surface area contributed by atoms with E-state index in [0.717, 1.165) is 23.4 Å². The van der Waals surface area contributed by atoms with Crippen LogP contribution in [0, 0.1) is 6.92 Å². The zero-order valence-electron chi connectivity index (χ0n) is 19.3. The average molecular weight is 454 g/mol. The van der Waals surface area contributed by atoms with E-state index in [-0.39, 0.29) is 11.7 Å². The number of carbonyl (C=O) groups excluding carboxylic acids is 1. The minimum atomic E-state index is -1.26. The average Bonchev–Trinajstić information content (AvgIpc) is 2.76. The van der Waals surface area contributed by atoms with Crippen LogP contribution in [0.1, 0.15) is 42.0 Å². The van der Waals surface area contributed by atoms with Crippen molar-refractivity contribution in [1.82, 2.24) is 4.90 Å². The van der Waals surface area contributed by atoms with Crippen LogP contribution in [0.15, 0.2) is 54.6 Å². The van der Waals surface area contributed by atoms with E-state index in [2.05, 4.69) is 49.5 Å². The zero-order valence-corrected chi connectivity index (χ0v) is 19.3. The maximum Gasteiger partial charge on any atom is 0.328 e. The molecule has 0 spiro atoms. The lowest BCUT2D eigenvalue weighted by Crippen LogP contribution is -2.60. The van der Waals surface area contributed by atoms with Crippen molar-refractivity contribution in [2.75, 3.05) is 25.5 Å². The van der Waals surface area contributed by atoms with Gasteiger partial charge in [0, 0.05) is 42.4 Å². The maximum atomic E-state index is 12.5. The lowest BCUT2D eigenvalue weighted by atomic mass is 9.76. The van der Waals surface area contributed by atoms with Gasteiger partial charge in [-0.3, -0.25) is 9.69 Å². The molecule has 1 heterocycles. The SMILES string of the molecule is CCNc1cccc2c1C(N)(C(C)=O)N(C)CC2c1ccc(C)cc1.O=C(O)/C=C\C(=O)O. The number of likely N-dealkylation sites (N-methyl/N-ethyl adjacent to an activating group) is 1. The van der Waals surface area contributed by atoms with Gasteiger partial charge in [0.05, 0.1) is 0 Å². The van der Waals surface area contributed by atoms with Gasteiger partial charge < -0.3 is 21.3 Å². The molecule has 8 nitrogen and oxygen atoms in total. The number of hydrogen-bond acceptors (Lipinski definition) is 6. The molecule has 33 heavy (non-hydrogen) atoms. The van der Waals surface area contributed by atoms with Crippen molar-refractivity contribution in [2.45, 2.75) is 32.4 Å². The van der Waals surface area contributed by atoms with Crippen molar-refractivity contribution in [1.29, 1.82) is 0 Å². The van der Waals surface area contributed by atoms with Crippen molar-refractivity contribution in [2.24, 2.45) is 5.73 Å². The van der Waals surface area contributed by atoms with Gasteiger partial charge >= 0.3 is 11.9 Å². The molecular formula is C25H31N3O5. The van der Waals surface area contributed by atoms with E-state index in [9.17, 15) is 14.4 Å². The first kappa shape index (κ1) is 25.8. The number of aliphatic carboxylic acids is 2. The molecule has 2 aromatic carbocycles. The highest BCUT2D eigenvalue weighted by Gasteiger charge is 2.46. The molecule has 0 aromatic heterocycles. The fraction of sp³-hybridized carbons (Fsp3) is 0.320. The lowest BCUT2D eigenvalue weighted by Gasteiger charge is -2.46. The molecule has 0 amide bonds. The van der Waals surface area contributed by atoms with E-state index < -0.39 is 17.6 Å². The molecule has 0 saturated heterocycles. The van der Waals surface area contributed by atoms with Gasteiger partial charge in [-0.15, -0.1) is 0 Å². The molecule has 0 aliphatic carbocycles. The topological polar surface area (TPSA) is 133 Å². The zero-order chi connectivity index (χ0) is 24.8. The summed E-state index contributed by atoms with van der Waals surface area (Å²) in [5.74, 6) is -2.36. The molecule has 5 N–H and O–H groups in total. The van der Waals surface area contributed by atoms with Gasteiger partial charge in [0.25, 0.3) is 0 Å². The second-order valence-corrected chi connectivity index (χ2v) is 7.98. The molecule has 0 fully saturated rings. The standard InChI is InChI=1S/C21H27N3O.C4H4O4/c1-5-23-19-8-6-7-17-18(16-11-9-14(2)10-12-16)13-24(4)21(22,15(3)25)20(17)19;5-3(6)1-2-4(7)8/h6-12,18,23H,5,13,22H2,1-4H3;1-2H,(H,5,6)(H,7,8)/b;2-1-. The number of benzene rings is 2. The van der Waals surface area contributed by atoms with Crippen molar-refractivity contribution >= 4 is 23.4 Å². The number of Topliss-reactive ketones (excluding diaryl/α,β-unsaturated/α-hetero) is 1. The van der Waals surface area contributed by atoms with Gasteiger partial charge in [-0.05, 0) is 45.0 Å². The normalized spacial score (nSPS) is 19.8. The summed E-state index contributed by atoms with van der Waals surface area (Å²) < 4.78 is 0. The minimum Gasteiger partial charge on any atom is -0.478 e. The summed E-state index contributed by atoms with van der Waals surface area (Å²) in [4.78, 5) is 33.6.